The Bertz CT molecular complexity index is 1050. The summed E-state index contributed by atoms with van der Waals surface area (Å²) in [6.07, 6.45) is -1.44. The van der Waals surface area contributed by atoms with Crippen LogP contribution in [0.15, 0.2) is 46.4 Å². The van der Waals surface area contributed by atoms with Crippen LogP contribution in [0.2, 0.25) is 5.02 Å². The van der Waals surface area contributed by atoms with Crippen LogP contribution in [0.25, 0.3) is 0 Å². The van der Waals surface area contributed by atoms with Gasteiger partial charge in [-0.2, -0.15) is 5.26 Å². The summed E-state index contributed by atoms with van der Waals surface area (Å²) in [5, 5.41) is 28.9. The maximum Gasteiger partial charge on any atom is 0.240 e. The summed E-state index contributed by atoms with van der Waals surface area (Å²) < 4.78 is 27.7. The Labute approximate surface area is 174 Å². The topological polar surface area (TPSA) is 115 Å². The molecule has 0 aliphatic carbocycles. The maximum atomic E-state index is 11.0. The first-order chi connectivity index (χ1) is 13.8. The lowest BCUT2D eigenvalue weighted by molar-refractivity contribution is 0.0493. The predicted octanol–water partition coefficient (Wildman–Crippen LogP) is 2.26. The molecule has 1 aliphatic rings. The van der Waals surface area contributed by atoms with E-state index in [-0.39, 0.29) is 11.6 Å². The van der Waals surface area contributed by atoms with E-state index in [1.54, 1.807) is 43.1 Å². The molecule has 2 N–H and O–H groups in total. The zero-order valence-electron chi connectivity index (χ0n) is 15.7. The Hall–Kier alpha value is -2.80. The van der Waals surface area contributed by atoms with E-state index >= 15 is 0 Å². The molecule has 1 heterocycles. The summed E-state index contributed by atoms with van der Waals surface area (Å²) in [6.45, 7) is 3.49. The zero-order valence-corrected chi connectivity index (χ0v) is 17.3. The molecule has 0 unspecified atom stereocenters. The molecular weight excluding hydrogens is 416 g/mol. The predicted molar refractivity (Wildman–Crippen MR) is 109 cm³/mol. The highest BCUT2D eigenvalue weighted by atomic mass is 35.5. The maximum absolute atomic E-state index is 11.0. The van der Waals surface area contributed by atoms with Crippen LogP contribution in [0.3, 0.4) is 0 Å². The van der Waals surface area contributed by atoms with E-state index in [0.29, 0.717) is 33.3 Å². The number of thiol groups is 1. The van der Waals surface area contributed by atoms with E-state index in [0.717, 1.165) is 0 Å². The fourth-order valence-electron chi connectivity index (χ4n) is 2.84. The van der Waals surface area contributed by atoms with Crippen LogP contribution in [0, 0.1) is 18.3 Å². The fraction of sp³-hybridized carbons (Fsp3) is 0.263. The molecule has 0 fully saturated rings. The summed E-state index contributed by atoms with van der Waals surface area (Å²) in [5.74, 6) is 0.319. The fourth-order valence-corrected chi connectivity index (χ4v) is 3.44. The van der Waals surface area contributed by atoms with Crippen molar-refractivity contribution in [2.75, 3.05) is 12.0 Å². The number of nitrogens with zero attached hydrogens (tertiary/aromatic N) is 3. The van der Waals surface area contributed by atoms with Crippen LogP contribution in [0.1, 0.15) is 23.6 Å². The minimum Gasteiger partial charge on any atom is -0.453 e. The van der Waals surface area contributed by atoms with E-state index < -0.39 is 23.0 Å². The average Bonchev–Trinajstić information content (AvgIpc) is 3.18. The van der Waals surface area contributed by atoms with Crippen LogP contribution in [0.4, 0.5) is 5.69 Å². The van der Waals surface area contributed by atoms with Crippen molar-refractivity contribution in [2.45, 2.75) is 31.0 Å². The standard InChI is InChI=1S/C19H19ClN4O4S/c1-11-16(8-5-14(9-21)17(11)20)22-18(12(2)25)24-10-28-19(23-24)13-3-6-15(7-4-13)29(26)27/h3-8,12,18,22,25,29H,10H2,1-2H3/t12-,18-/m0/s1. The number of rotatable bonds is 6. The molecule has 0 saturated heterocycles. The van der Waals surface area contributed by atoms with E-state index in [4.69, 9.17) is 21.6 Å². The van der Waals surface area contributed by atoms with Gasteiger partial charge >= 0.3 is 0 Å². The molecule has 2 aromatic rings. The Morgan fingerprint density at radius 2 is 2.00 bits per heavy atom. The lowest BCUT2D eigenvalue weighted by Crippen LogP contribution is -2.44. The van der Waals surface area contributed by atoms with Crippen molar-refractivity contribution in [3.63, 3.8) is 0 Å². The van der Waals surface area contributed by atoms with E-state index in [9.17, 15) is 13.5 Å². The van der Waals surface area contributed by atoms with Crippen molar-refractivity contribution >= 4 is 33.9 Å². The third-order valence-electron chi connectivity index (χ3n) is 4.47. The Balaban J connectivity index is 1.83. The smallest absolute Gasteiger partial charge is 0.240 e. The average molecular weight is 435 g/mol. The number of aliphatic hydroxyl groups is 1. The highest BCUT2D eigenvalue weighted by Gasteiger charge is 2.29. The van der Waals surface area contributed by atoms with Crippen LogP contribution in [0.5, 0.6) is 0 Å². The number of nitrogens with one attached hydrogen (secondary N) is 1. The van der Waals surface area contributed by atoms with Gasteiger partial charge in [-0.15, -0.1) is 5.10 Å². The van der Waals surface area contributed by atoms with Gasteiger partial charge in [-0.05, 0) is 55.8 Å². The van der Waals surface area contributed by atoms with Crippen LogP contribution < -0.4 is 5.32 Å². The van der Waals surface area contributed by atoms with Gasteiger partial charge in [-0.3, -0.25) is 0 Å². The highest BCUT2D eigenvalue weighted by Crippen LogP contribution is 2.28. The van der Waals surface area contributed by atoms with Gasteiger partial charge in [0.2, 0.25) is 5.90 Å². The van der Waals surface area contributed by atoms with Gasteiger partial charge in [0.25, 0.3) is 0 Å². The lowest BCUT2D eigenvalue weighted by Gasteiger charge is -2.29. The number of anilines is 1. The molecule has 0 saturated carbocycles. The van der Waals surface area contributed by atoms with E-state index in [2.05, 4.69) is 10.4 Å². The summed E-state index contributed by atoms with van der Waals surface area (Å²) in [7, 11) is -2.65. The molecule has 0 bridgehead atoms. The molecule has 0 radical (unpaired) electrons. The first kappa shape index (κ1) is 20.9. The van der Waals surface area contributed by atoms with Crippen LogP contribution >= 0.6 is 11.6 Å². The number of benzene rings is 2. The van der Waals surface area contributed by atoms with Crippen molar-refractivity contribution in [3.8, 4) is 6.07 Å². The monoisotopic (exact) mass is 434 g/mol. The molecule has 10 heteroatoms. The normalized spacial score (nSPS) is 15.4. The summed E-state index contributed by atoms with van der Waals surface area (Å²) in [5.41, 5.74) is 2.33. The molecular formula is C19H19ClN4O4S. The highest BCUT2D eigenvalue weighted by molar-refractivity contribution is 7.72. The minimum absolute atomic E-state index is 0.0958. The van der Waals surface area contributed by atoms with Crippen LogP contribution in [-0.2, 0) is 15.4 Å². The van der Waals surface area contributed by atoms with Gasteiger partial charge in [0.1, 0.15) is 12.2 Å². The third kappa shape index (κ3) is 4.45. The number of halogens is 1. The molecule has 3 rings (SSSR count). The van der Waals surface area contributed by atoms with E-state index in [1.165, 1.54) is 12.1 Å². The first-order valence-electron chi connectivity index (χ1n) is 8.68. The van der Waals surface area contributed by atoms with Gasteiger partial charge in [0.15, 0.2) is 17.4 Å². The number of hydrogen-bond donors (Lipinski definition) is 3. The Kier molecular flexibility index (Phi) is 6.27. The van der Waals surface area contributed by atoms with Crippen LogP contribution in [-0.4, -0.2) is 43.4 Å². The van der Waals surface area contributed by atoms with Gasteiger partial charge in [0, 0.05) is 11.3 Å². The van der Waals surface area contributed by atoms with E-state index in [1.807, 2.05) is 6.07 Å². The summed E-state index contributed by atoms with van der Waals surface area (Å²) >= 11 is 6.23. The molecule has 2 atom stereocenters. The summed E-state index contributed by atoms with van der Waals surface area (Å²) in [6, 6.07) is 11.5. The first-order valence-corrected chi connectivity index (χ1v) is 10.2. The molecule has 0 amide bonds. The SMILES string of the molecule is Cc1c(N[C@H]([C@H](C)O)N2COC(c3ccc([SH](=O)=O)cc3)=N2)ccc(C#N)c1Cl. The molecule has 1 aliphatic heterocycles. The van der Waals surface area contributed by atoms with Gasteiger partial charge in [-0.25, -0.2) is 13.4 Å². The number of nitriles is 1. The van der Waals surface area contributed by atoms with Crippen molar-refractivity contribution < 1.29 is 18.3 Å². The molecule has 2 aromatic carbocycles. The molecule has 29 heavy (non-hydrogen) atoms. The second-order valence-electron chi connectivity index (χ2n) is 6.46. The van der Waals surface area contributed by atoms with Gasteiger partial charge in [0.05, 0.1) is 21.6 Å². The zero-order chi connectivity index (χ0) is 21.1. The quantitative estimate of drug-likeness (QED) is 0.597. The van der Waals surface area contributed by atoms with Gasteiger partial charge < -0.3 is 15.2 Å². The van der Waals surface area contributed by atoms with Crippen molar-refractivity contribution in [1.82, 2.24) is 5.01 Å². The Morgan fingerprint density at radius 1 is 1.31 bits per heavy atom. The van der Waals surface area contributed by atoms with Gasteiger partial charge in [-0.1, -0.05) is 11.6 Å². The number of hydrazone groups is 1. The molecule has 0 aromatic heterocycles. The minimum atomic E-state index is -2.65. The number of aliphatic hydroxyl groups excluding tert-OH is 1. The van der Waals surface area contributed by atoms with Crippen molar-refractivity contribution in [1.29, 1.82) is 5.26 Å². The molecule has 0 spiro atoms. The summed E-state index contributed by atoms with van der Waals surface area (Å²) in [4.78, 5) is 0.205. The molecule has 8 nitrogen and oxygen atoms in total. The number of hydrogen-bond acceptors (Lipinski definition) is 8. The van der Waals surface area contributed by atoms with Crippen molar-refractivity contribution in [3.05, 3.63) is 58.1 Å². The molecule has 152 valence electrons. The number of ether oxygens (including phenoxy) is 1. The largest absolute Gasteiger partial charge is 0.453 e. The second kappa shape index (κ2) is 8.69. The van der Waals surface area contributed by atoms with Crippen molar-refractivity contribution in [2.24, 2.45) is 5.10 Å². The lowest BCUT2D eigenvalue weighted by atomic mass is 10.1. The second-order valence-corrected chi connectivity index (χ2v) is 7.87. The third-order valence-corrected chi connectivity index (χ3v) is 5.67. The Morgan fingerprint density at radius 3 is 2.59 bits per heavy atom.